The summed E-state index contributed by atoms with van der Waals surface area (Å²) in [6.45, 7) is 1.68. The van der Waals surface area contributed by atoms with Crippen LogP contribution in [0.15, 0.2) is 54.6 Å². The monoisotopic (exact) mass is 385 g/mol. The zero-order chi connectivity index (χ0) is 19.1. The smallest absolute Gasteiger partial charge is 0.321 e. The number of halogens is 1. The van der Waals surface area contributed by atoms with Crippen molar-refractivity contribution < 1.29 is 9.59 Å². The SMILES string of the molecule is O=C(NCCc1cccc(Cl)c1)C1CCCN(C(=O)Nc2ccccc2)C1. The minimum atomic E-state index is -0.167. The van der Waals surface area contributed by atoms with Crippen LogP contribution in [0.2, 0.25) is 5.02 Å². The van der Waals surface area contributed by atoms with E-state index >= 15 is 0 Å². The van der Waals surface area contributed by atoms with Gasteiger partial charge in [-0.25, -0.2) is 4.79 Å². The lowest BCUT2D eigenvalue weighted by Crippen LogP contribution is -2.47. The molecule has 0 aromatic heterocycles. The van der Waals surface area contributed by atoms with E-state index in [2.05, 4.69) is 10.6 Å². The predicted octanol–water partition coefficient (Wildman–Crippen LogP) is 3.94. The number of benzene rings is 2. The number of piperidine rings is 1. The number of amides is 3. The molecule has 2 aromatic rings. The second-order valence-electron chi connectivity index (χ2n) is 6.75. The number of hydrogen-bond acceptors (Lipinski definition) is 2. The van der Waals surface area contributed by atoms with E-state index in [0.717, 1.165) is 30.5 Å². The van der Waals surface area contributed by atoms with Crippen LogP contribution in [-0.4, -0.2) is 36.5 Å². The molecule has 1 fully saturated rings. The lowest BCUT2D eigenvalue weighted by atomic mass is 9.97. The molecule has 0 bridgehead atoms. The van der Waals surface area contributed by atoms with Crippen LogP contribution in [0.25, 0.3) is 0 Å². The van der Waals surface area contributed by atoms with Gasteiger partial charge in [0.1, 0.15) is 0 Å². The maximum absolute atomic E-state index is 12.5. The second kappa shape index (κ2) is 9.42. The number of urea groups is 1. The first kappa shape index (κ1) is 19.2. The summed E-state index contributed by atoms with van der Waals surface area (Å²) in [5.41, 5.74) is 1.85. The van der Waals surface area contributed by atoms with Gasteiger partial charge in [-0.05, 0) is 49.1 Å². The van der Waals surface area contributed by atoms with Gasteiger partial charge in [-0.2, -0.15) is 0 Å². The molecule has 0 saturated carbocycles. The maximum Gasteiger partial charge on any atom is 0.321 e. The highest BCUT2D eigenvalue weighted by atomic mass is 35.5. The summed E-state index contributed by atoms with van der Waals surface area (Å²) in [6.07, 6.45) is 2.37. The van der Waals surface area contributed by atoms with Gasteiger partial charge in [-0.15, -0.1) is 0 Å². The van der Waals surface area contributed by atoms with Gasteiger partial charge in [-0.1, -0.05) is 41.9 Å². The van der Waals surface area contributed by atoms with Crippen molar-refractivity contribution >= 4 is 29.2 Å². The largest absolute Gasteiger partial charge is 0.355 e. The van der Waals surface area contributed by atoms with E-state index in [-0.39, 0.29) is 17.9 Å². The van der Waals surface area contributed by atoms with Crippen LogP contribution in [0.4, 0.5) is 10.5 Å². The topological polar surface area (TPSA) is 61.4 Å². The Morgan fingerprint density at radius 2 is 1.93 bits per heavy atom. The first-order valence-electron chi connectivity index (χ1n) is 9.25. The molecule has 1 unspecified atom stereocenters. The maximum atomic E-state index is 12.5. The Balaban J connectivity index is 1.46. The minimum Gasteiger partial charge on any atom is -0.355 e. The quantitative estimate of drug-likeness (QED) is 0.818. The van der Waals surface area contributed by atoms with Crippen molar-refractivity contribution in [3.8, 4) is 0 Å². The van der Waals surface area contributed by atoms with Crippen molar-refractivity contribution in [2.75, 3.05) is 25.0 Å². The Bertz CT molecular complexity index is 782. The van der Waals surface area contributed by atoms with Crippen LogP contribution in [0.5, 0.6) is 0 Å². The molecular weight excluding hydrogens is 362 g/mol. The van der Waals surface area contributed by atoms with E-state index in [4.69, 9.17) is 11.6 Å². The number of carbonyl (C=O) groups excluding carboxylic acids is 2. The fourth-order valence-electron chi connectivity index (χ4n) is 3.27. The first-order valence-corrected chi connectivity index (χ1v) is 9.63. The molecule has 1 aliphatic heterocycles. The molecule has 1 saturated heterocycles. The Hall–Kier alpha value is -2.53. The van der Waals surface area contributed by atoms with Gasteiger partial charge in [0.25, 0.3) is 0 Å². The van der Waals surface area contributed by atoms with Gasteiger partial charge in [0.2, 0.25) is 5.91 Å². The van der Waals surface area contributed by atoms with Gasteiger partial charge < -0.3 is 15.5 Å². The van der Waals surface area contributed by atoms with Gasteiger partial charge >= 0.3 is 6.03 Å². The number of hydrogen-bond donors (Lipinski definition) is 2. The molecule has 1 atom stereocenters. The van der Waals surface area contributed by atoms with Gasteiger partial charge in [0, 0.05) is 30.3 Å². The van der Waals surface area contributed by atoms with Gasteiger partial charge in [-0.3, -0.25) is 4.79 Å². The molecule has 3 rings (SSSR count). The van der Waals surface area contributed by atoms with E-state index in [1.165, 1.54) is 0 Å². The average molecular weight is 386 g/mol. The third kappa shape index (κ3) is 5.73. The van der Waals surface area contributed by atoms with Crippen molar-refractivity contribution in [3.05, 3.63) is 65.2 Å². The highest BCUT2D eigenvalue weighted by Gasteiger charge is 2.28. The number of rotatable bonds is 5. The standard InChI is InChI=1S/C21H24ClN3O2/c22-18-8-4-6-16(14-18)11-12-23-20(26)17-7-5-13-25(15-17)21(27)24-19-9-2-1-3-10-19/h1-4,6,8-10,14,17H,5,7,11-13,15H2,(H,23,26)(H,24,27). The number of carbonyl (C=O) groups is 2. The molecule has 1 heterocycles. The summed E-state index contributed by atoms with van der Waals surface area (Å²) in [5.74, 6) is -0.158. The van der Waals surface area contributed by atoms with Crippen LogP contribution < -0.4 is 10.6 Å². The van der Waals surface area contributed by atoms with E-state index in [0.29, 0.717) is 24.7 Å². The van der Waals surface area contributed by atoms with Gasteiger partial charge in [0.05, 0.1) is 5.92 Å². The molecular formula is C21H24ClN3O2. The zero-order valence-corrected chi connectivity index (χ0v) is 15.9. The van der Waals surface area contributed by atoms with E-state index in [9.17, 15) is 9.59 Å². The third-order valence-corrected chi connectivity index (χ3v) is 4.94. The predicted molar refractivity (Wildman–Crippen MR) is 108 cm³/mol. The summed E-state index contributed by atoms with van der Waals surface area (Å²) in [4.78, 5) is 26.6. The van der Waals surface area contributed by atoms with E-state index in [1.54, 1.807) is 4.90 Å². The third-order valence-electron chi connectivity index (χ3n) is 4.71. The molecule has 2 aromatic carbocycles. The molecule has 27 heavy (non-hydrogen) atoms. The van der Waals surface area contributed by atoms with Crippen molar-refractivity contribution in [2.45, 2.75) is 19.3 Å². The van der Waals surface area contributed by atoms with Crippen LogP contribution in [0.1, 0.15) is 18.4 Å². The number of likely N-dealkylation sites (tertiary alicyclic amines) is 1. The van der Waals surface area contributed by atoms with Crippen LogP contribution in [-0.2, 0) is 11.2 Å². The second-order valence-corrected chi connectivity index (χ2v) is 7.19. The molecule has 6 heteroatoms. The first-order chi connectivity index (χ1) is 13.1. The Morgan fingerprint density at radius 1 is 1.11 bits per heavy atom. The molecule has 2 N–H and O–H groups in total. The lowest BCUT2D eigenvalue weighted by Gasteiger charge is -2.32. The van der Waals surface area contributed by atoms with Crippen molar-refractivity contribution in [3.63, 3.8) is 0 Å². The van der Waals surface area contributed by atoms with Crippen molar-refractivity contribution in [1.82, 2.24) is 10.2 Å². The summed E-state index contributed by atoms with van der Waals surface area (Å²) in [7, 11) is 0. The number of anilines is 1. The summed E-state index contributed by atoms with van der Waals surface area (Å²) in [5, 5.41) is 6.57. The molecule has 0 aliphatic carbocycles. The average Bonchev–Trinajstić information content (AvgIpc) is 2.69. The molecule has 0 spiro atoms. The molecule has 1 aliphatic rings. The minimum absolute atomic E-state index is 0.00855. The lowest BCUT2D eigenvalue weighted by molar-refractivity contribution is -0.126. The van der Waals surface area contributed by atoms with Gasteiger partial charge in [0.15, 0.2) is 0 Å². The Morgan fingerprint density at radius 3 is 2.70 bits per heavy atom. The fraction of sp³-hybridized carbons (Fsp3) is 0.333. The van der Waals surface area contributed by atoms with Crippen LogP contribution in [0.3, 0.4) is 0 Å². The summed E-state index contributed by atoms with van der Waals surface area (Å²) in [6, 6.07) is 16.8. The molecule has 142 valence electrons. The van der Waals surface area contributed by atoms with Crippen molar-refractivity contribution in [1.29, 1.82) is 0 Å². The zero-order valence-electron chi connectivity index (χ0n) is 15.2. The van der Waals surface area contributed by atoms with Crippen LogP contribution >= 0.6 is 11.6 Å². The van der Waals surface area contributed by atoms with E-state index < -0.39 is 0 Å². The van der Waals surface area contributed by atoms with E-state index in [1.807, 2.05) is 54.6 Å². The summed E-state index contributed by atoms with van der Waals surface area (Å²) >= 11 is 5.98. The summed E-state index contributed by atoms with van der Waals surface area (Å²) < 4.78 is 0. The number of nitrogens with one attached hydrogen (secondary N) is 2. The Kier molecular flexibility index (Phi) is 6.71. The number of para-hydroxylation sites is 1. The van der Waals surface area contributed by atoms with Crippen molar-refractivity contribution in [2.24, 2.45) is 5.92 Å². The normalized spacial score (nSPS) is 16.6. The molecule has 0 radical (unpaired) electrons. The molecule has 5 nitrogen and oxygen atoms in total. The highest BCUT2D eigenvalue weighted by Crippen LogP contribution is 2.18. The van der Waals surface area contributed by atoms with Crippen LogP contribution in [0, 0.1) is 5.92 Å². The number of nitrogens with zero attached hydrogens (tertiary/aromatic N) is 1. The molecule has 3 amide bonds. The highest BCUT2D eigenvalue weighted by molar-refractivity contribution is 6.30. The Labute approximate surface area is 164 Å². The fourth-order valence-corrected chi connectivity index (χ4v) is 3.48.